The number of halogens is 2. The van der Waals surface area contributed by atoms with E-state index < -0.39 is 0 Å². The molecule has 0 bridgehead atoms. The van der Waals surface area contributed by atoms with Gasteiger partial charge in [0.25, 0.3) is 0 Å². The molecular formula is C13H17Cl2NO2. The Labute approximate surface area is 117 Å². The van der Waals surface area contributed by atoms with Crippen molar-refractivity contribution in [2.24, 2.45) is 0 Å². The fourth-order valence-electron chi connectivity index (χ4n) is 2.15. The van der Waals surface area contributed by atoms with E-state index in [2.05, 4.69) is 11.8 Å². The third kappa shape index (κ3) is 3.29. The molecule has 0 radical (unpaired) electrons. The van der Waals surface area contributed by atoms with Gasteiger partial charge in [0, 0.05) is 30.2 Å². The summed E-state index contributed by atoms with van der Waals surface area (Å²) in [5.74, 6) is 0.126. The van der Waals surface area contributed by atoms with Gasteiger partial charge in [-0.25, -0.2) is 0 Å². The standard InChI is InChI=1S/C13H17Cl2NO2/c1-2-11-8-16(3-4-18-11)7-9-5-10(14)6-12(15)13(9)17/h5-6,11,17H,2-4,7-8H2,1H3. The number of ether oxygens (including phenoxy) is 1. The first-order valence-electron chi connectivity index (χ1n) is 6.11. The van der Waals surface area contributed by atoms with Crippen molar-refractivity contribution in [1.29, 1.82) is 0 Å². The Bertz CT molecular complexity index is 426. The smallest absolute Gasteiger partial charge is 0.138 e. The highest BCUT2D eigenvalue weighted by Gasteiger charge is 2.20. The summed E-state index contributed by atoms with van der Waals surface area (Å²) in [4.78, 5) is 2.25. The van der Waals surface area contributed by atoms with E-state index in [1.165, 1.54) is 0 Å². The molecule has 1 fully saturated rings. The van der Waals surface area contributed by atoms with Crippen molar-refractivity contribution in [3.05, 3.63) is 27.7 Å². The Morgan fingerprint density at radius 2 is 2.22 bits per heavy atom. The van der Waals surface area contributed by atoms with Crippen molar-refractivity contribution in [3.8, 4) is 5.75 Å². The van der Waals surface area contributed by atoms with Crippen LogP contribution < -0.4 is 0 Å². The molecule has 0 saturated carbocycles. The summed E-state index contributed by atoms with van der Waals surface area (Å²) in [6.07, 6.45) is 1.27. The molecule has 2 rings (SSSR count). The van der Waals surface area contributed by atoms with Gasteiger partial charge in [0.2, 0.25) is 0 Å². The van der Waals surface area contributed by atoms with Crippen LogP contribution in [0.4, 0.5) is 0 Å². The van der Waals surface area contributed by atoms with Crippen LogP contribution in [0.5, 0.6) is 5.75 Å². The van der Waals surface area contributed by atoms with E-state index in [9.17, 15) is 5.11 Å². The highest BCUT2D eigenvalue weighted by atomic mass is 35.5. The normalized spacial score (nSPS) is 21.2. The minimum absolute atomic E-state index is 0.126. The molecule has 1 aromatic carbocycles. The SMILES string of the molecule is CCC1CN(Cc2cc(Cl)cc(Cl)c2O)CCO1. The molecule has 0 spiro atoms. The van der Waals surface area contributed by atoms with Gasteiger partial charge in [-0.1, -0.05) is 30.1 Å². The Hall–Kier alpha value is -0.480. The first-order valence-corrected chi connectivity index (χ1v) is 6.86. The van der Waals surface area contributed by atoms with E-state index in [1.54, 1.807) is 12.1 Å². The Morgan fingerprint density at radius 1 is 1.44 bits per heavy atom. The monoisotopic (exact) mass is 289 g/mol. The van der Waals surface area contributed by atoms with Crippen LogP contribution in [0.2, 0.25) is 10.0 Å². The molecule has 100 valence electrons. The van der Waals surface area contributed by atoms with Gasteiger partial charge in [-0.05, 0) is 18.6 Å². The molecule has 5 heteroatoms. The zero-order valence-electron chi connectivity index (χ0n) is 10.3. The predicted molar refractivity (Wildman–Crippen MR) is 73.4 cm³/mol. The molecule has 1 saturated heterocycles. The topological polar surface area (TPSA) is 32.7 Å². The molecule has 0 amide bonds. The van der Waals surface area contributed by atoms with E-state index in [-0.39, 0.29) is 11.9 Å². The lowest BCUT2D eigenvalue weighted by Gasteiger charge is -2.32. The van der Waals surface area contributed by atoms with Crippen LogP contribution in [0.3, 0.4) is 0 Å². The molecule has 3 nitrogen and oxygen atoms in total. The van der Waals surface area contributed by atoms with Gasteiger partial charge < -0.3 is 9.84 Å². The van der Waals surface area contributed by atoms with Gasteiger partial charge in [-0.3, -0.25) is 4.90 Å². The minimum atomic E-state index is 0.126. The Kier molecular flexibility index (Phi) is 4.73. The van der Waals surface area contributed by atoms with Gasteiger partial charge in [0.1, 0.15) is 5.75 Å². The number of nitrogens with zero attached hydrogens (tertiary/aromatic N) is 1. The predicted octanol–water partition coefficient (Wildman–Crippen LogP) is 3.31. The van der Waals surface area contributed by atoms with Crippen LogP contribution in [0, 0.1) is 0 Å². The molecule has 1 aliphatic rings. The number of hydrogen-bond acceptors (Lipinski definition) is 3. The highest BCUT2D eigenvalue weighted by molar-refractivity contribution is 6.35. The fraction of sp³-hybridized carbons (Fsp3) is 0.538. The molecular weight excluding hydrogens is 273 g/mol. The molecule has 1 atom stereocenters. The molecule has 1 unspecified atom stereocenters. The lowest BCUT2D eigenvalue weighted by atomic mass is 10.1. The van der Waals surface area contributed by atoms with Gasteiger partial charge in [-0.2, -0.15) is 0 Å². The molecule has 1 aliphatic heterocycles. The molecule has 1 heterocycles. The van der Waals surface area contributed by atoms with Crippen LogP contribution in [-0.2, 0) is 11.3 Å². The first-order chi connectivity index (χ1) is 8.60. The van der Waals surface area contributed by atoms with Crippen molar-refractivity contribution in [2.75, 3.05) is 19.7 Å². The molecule has 0 aliphatic carbocycles. The second-order valence-corrected chi connectivity index (χ2v) is 5.38. The maximum atomic E-state index is 9.93. The summed E-state index contributed by atoms with van der Waals surface area (Å²) in [5.41, 5.74) is 0.768. The quantitative estimate of drug-likeness (QED) is 0.927. The van der Waals surface area contributed by atoms with Crippen LogP contribution in [0.15, 0.2) is 12.1 Å². The van der Waals surface area contributed by atoms with Crippen LogP contribution in [-0.4, -0.2) is 35.8 Å². The summed E-state index contributed by atoms with van der Waals surface area (Å²) in [6.45, 7) is 5.22. The summed E-state index contributed by atoms with van der Waals surface area (Å²) in [5, 5.41) is 10.8. The molecule has 1 N–H and O–H groups in total. The second-order valence-electron chi connectivity index (χ2n) is 4.53. The Morgan fingerprint density at radius 3 is 2.94 bits per heavy atom. The molecule has 0 aromatic heterocycles. The third-order valence-electron chi connectivity index (χ3n) is 3.18. The number of phenolic OH excluding ortho intramolecular Hbond substituents is 1. The number of rotatable bonds is 3. The van der Waals surface area contributed by atoms with Gasteiger partial charge in [-0.15, -0.1) is 0 Å². The van der Waals surface area contributed by atoms with Crippen molar-refractivity contribution >= 4 is 23.2 Å². The third-order valence-corrected chi connectivity index (χ3v) is 3.69. The summed E-state index contributed by atoms with van der Waals surface area (Å²) < 4.78 is 5.62. The number of morpholine rings is 1. The maximum absolute atomic E-state index is 9.93. The number of aromatic hydroxyl groups is 1. The first kappa shape index (κ1) is 13.9. The van der Waals surface area contributed by atoms with Crippen LogP contribution in [0.25, 0.3) is 0 Å². The van der Waals surface area contributed by atoms with Crippen LogP contribution >= 0.6 is 23.2 Å². The fourth-order valence-corrected chi connectivity index (χ4v) is 2.69. The average Bonchev–Trinajstić information content (AvgIpc) is 2.35. The number of phenols is 1. The van der Waals surface area contributed by atoms with Gasteiger partial charge in [0.15, 0.2) is 0 Å². The molecule has 1 aromatic rings. The van der Waals surface area contributed by atoms with E-state index in [1.807, 2.05) is 0 Å². The van der Waals surface area contributed by atoms with Crippen molar-refractivity contribution in [1.82, 2.24) is 4.90 Å². The van der Waals surface area contributed by atoms with Crippen LogP contribution in [0.1, 0.15) is 18.9 Å². The summed E-state index contributed by atoms with van der Waals surface area (Å²) in [6, 6.07) is 3.31. The lowest BCUT2D eigenvalue weighted by Crippen LogP contribution is -2.41. The van der Waals surface area contributed by atoms with E-state index >= 15 is 0 Å². The van der Waals surface area contributed by atoms with E-state index in [0.29, 0.717) is 16.6 Å². The minimum Gasteiger partial charge on any atom is -0.506 e. The van der Waals surface area contributed by atoms with Gasteiger partial charge in [0.05, 0.1) is 17.7 Å². The van der Waals surface area contributed by atoms with Crippen molar-refractivity contribution in [3.63, 3.8) is 0 Å². The lowest BCUT2D eigenvalue weighted by molar-refractivity contribution is -0.0326. The highest BCUT2D eigenvalue weighted by Crippen LogP contribution is 2.32. The zero-order chi connectivity index (χ0) is 13.1. The number of hydrogen-bond donors (Lipinski definition) is 1. The largest absolute Gasteiger partial charge is 0.506 e. The van der Waals surface area contributed by atoms with Crippen molar-refractivity contribution < 1.29 is 9.84 Å². The summed E-state index contributed by atoms with van der Waals surface area (Å²) in [7, 11) is 0. The van der Waals surface area contributed by atoms with Crippen molar-refractivity contribution in [2.45, 2.75) is 26.0 Å². The summed E-state index contributed by atoms with van der Waals surface area (Å²) >= 11 is 11.9. The number of benzene rings is 1. The second kappa shape index (κ2) is 6.11. The average molecular weight is 290 g/mol. The van der Waals surface area contributed by atoms with E-state index in [0.717, 1.165) is 31.7 Å². The van der Waals surface area contributed by atoms with E-state index in [4.69, 9.17) is 27.9 Å². The Balaban J connectivity index is 2.09. The zero-order valence-corrected chi connectivity index (χ0v) is 11.8. The molecule has 18 heavy (non-hydrogen) atoms. The maximum Gasteiger partial charge on any atom is 0.138 e. The van der Waals surface area contributed by atoms with Gasteiger partial charge >= 0.3 is 0 Å².